The van der Waals surface area contributed by atoms with Crippen molar-refractivity contribution in [2.75, 3.05) is 5.32 Å². The highest BCUT2D eigenvalue weighted by molar-refractivity contribution is 6.31. The van der Waals surface area contributed by atoms with E-state index in [0.29, 0.717) is 18.5 Å². The molecule has 1 saturated carbocycles. The van der Waals surface area contributed by atoms with E-state index in [1.54, 1.807) is 0 Å². The Balaban J connectivity index is 1.96. The number of carbonyl (C=O) groups is 1. The minimum Gasteiger partial charge on any atom is -0.389 e. The van der Waals surface area contributed by atoms with Crippen LogP contribution in [0.2, 0.25) is 5.02 Å². The molecule has 1 aromatic carbocycles. The molecular weight excluding hydrogens is 257 g/mol. The monoisotopic (exact) mass is 271 g/mol. The van der Waals surface area contributed by atoms with Gasteiger partial charge in [-0.15, -0.1) is 0 Å². The fraction of sp³-hybridized carbons (Fsp3) is 0.462. The number of halogens is 2. The quantitative estimate of drug-likeness (QED) is 0.887. The summed E-state index contributed by atoms with van der Waals surface area (Å²) in [6.45, 7) is 0. The van der Waals surface area contributed by atoms with Gasteiger partial charge in [0.2, 0.25) is 5.91 Å². The second-order valence-corrected chi connectivity index (χ2v) is 5.19. The molecule has 1 fully saturated rings. The molecule has 1 aliphatic carbocycles. The summed E-state index contributed by atoms with van der Waals surface area (Å²) in [7, 11) is 0. The van der Waals surface area contributed by atoms with Crippen molar-refractivity contribution in [3.05, 3.63) is 29.0 Å². The van der Waals surface area contributed by atoms with Gasteiger partial charge < -0.3 is 10.4 Å². The summed E-state index contributed by atoms with van der Waals surface area (Å²) in [6, 6.07) is 3.99. The zero-order valence-corrected chi connectivity index (χ0v) is 10.6. The number of carbonyl (C=O) groups excluding carboxylic acids is 1. The molecule has 0 aromatic heterocycles. The Kier molecular flexibility index (Phi) is 3.88. The molecule has 0 aliphatic heterocycles. The molecule has 18 heavy (non-hydrogen) atoms. The van der Waals surface area contributed by atoms with Crippen LogP contribution < -0.4 is 5.32 Å². The zero-order valence-electron chi connectivity index (χ0n) is 9.88. The average molecular weight is 272 g/mol. The van der Waals surface area contributed by atoms with E-state index in [1.165, 1.54) is 18.2 Å². The number of aliphatic hydroxyl groups is 1. The first-order valence-electron chi connectivity index (χ1n) is 5.96. The van der Waals surface area contributed by atoms with Gasteiger partial charge in [0.1, 0.15) is 5.82 Å². The summed E-state index contributed by atoms with van der Waals surface area (Å²) < 4.78 is 12.9. The highest BCUT2D eigenvalue weighted by atomic mass is 35.5. The Bertz CT molecular complexity index is 458. The van der Waals surface area contributed by atoms with Crippen molar-refractivity contribution in [2.24, 2.45) is 0 Å². The van der Waals surface area contributed by atoms with Crippen molar-refractivity contribution < 1.29 is 14.3 Å². The van der Waals surface area contributed by atoms with Crippen LogP contribution in [0.4, 0.5) is 10.1 Å². The molecule has 0 unspecified atom stereocenters. The lowest BCUT2D eigenvalue weighted by Crippen LogP contribution is -2.30. The summed E-state index contributed by atoms with van der Waals surface area (Å²) in [5.74, 6) is -0.800. The molecule has 0 saturated heterocycles. The lowest BCUT2D eigenvalue weighted by molar-refractivity contribution is -0.120. The van der Waals surface area contributed by atoms with Gasteiger partial charge in [0.25, 0.3) is 0 Å². The van der Waals surface area contributed by atoms with Crippen LogP contribution in [0.5, 0.6) is 0 Å². The average Bonchev–Trinajstić information content (AvgIpc) is 2.70. The van der Waals surface area contributed by atoms with E-state index >= 15 is 0 Å². The molecule has 0 atom stereocenters. The van der Waals surface area contributed by atoms with Gasteiger partial charge in [-0.1, -0.05) is 24.4 Å². The van der Waals surface area contributed by atoms with Crippen molar-refractivity contribution in [3.8, 4) is 0 Å². The van der Waals surface area contributed by atoms with Gasteiger partial charge in [0, 0.05) is 5.69 Å². The molecule has 1 aromatic rings. The summed E-state index contributed by atoms with van der Waals surface area (Å²) in [6.07, 6.45) is 3.29. The van der Waals surface area contributed by atoms with E-state index in [1.807, 2.05) is 0 Å². The number of anilines is 1. The van der Waals surface area contributed by atoms with Crippen LogP contribution in [0.1, 0.15) is 32.1 Å². The van der Waals surface area contributed by atoms with Crippen molar-refractivity contribution in [2.45, 2.75) is 37.7 Å². The van der Waals surface area contributed by atoms with Crippen molar-refractivity contribution in [1.29, 1.82) is 0 Å². The molecule has 3 nitrogen and oxygen atoms in total. The van der Waals surface area contributed by atoms with E-state index in [0.717, 1.165) is 12.8 Å². The molecule has 0 bridgehead atoms. The van der Waals surface area contributed by atoms with Crippen LogP contribution in [0, 0.1) is 5.82 Å². The van der Waals surface area contributed by atoms with E-state index in [2.05, 4.69) is 5.32 Å². The van der Waals surface area contributed by atoms with E-state index in [-0.39, 0.29) is 17.4 Å². The Morgan fingerprint density at radius 1 is 1.44 bits per heavy atom. The van der Waals surface area contributed by atoms with Gasteiger partial charge in [-0.3, -0.25) is 4.79 Å². The second kappa shape index (κ2) is 5.24. The van der Waals surface area contributed by atoms with E-state index in [4.69, 9.17) is 11.6 Å². The fourth-order valence-corrected chi connectivity index (χ4v) is 2.47. The van der Waals surface area contributed by atoms with Crippen molar-refractivity contribution in [3.63, 3.8) is 0 Å². The Morgan fingerprint density at radius 3 is 2.72 bits per heavy atom. The number of benzene rings is 1. The largest absolute Gasteiger partial charge is 0.389 e. The lowest BCUT2D eigenvalue weighted by Gasteiger charge is -2.21. The van der Waals surface area contributed by atoms with Gasteiger partial charge in [-0.05, 0) is 31.0 Å². The van der Waals surface area contributed by atoms with E-state index < -0.39 is 11.4 Å². The van der Waals surface area contributed by atoms with Crippen LogP contribution in [-0.2, 0) is 4.79 Å². The number of hydrogen-bond acceptors (Lipinski definition) is 2. The Hall–Kier alpha value is -1.13. The maximum atomic E-state index is 12.9. The third kappa shape index (κ3) is 3.21. The molecule has 0 radical (unpaired) electrons. The zero-order chi connectivity index (χ0) is 13.2. The molecule has 5 heteroatoms. The first-order chi connectivity index (χ1) is 8.48. The predicted molar refractivity (Wildman–Crippen MR) is 68.1 cm³/mol. The highest BCUT2D eigenvalue weighted by Gasteiger charge is 2.33. The highest BCUT2D eigenvalue weighted by Crippen LogP contribution is 2.32. The standard InChI is InChI=1S/C13H15ClFNO2/c14-10-7-9(3-4-11(10)15)16-12(17)8-13(18)5-1-2-6-13/h3-4,7,18H,1-2,5-6,8H2,(H,16,17). The molecule has 98 valence electrons. The van der Waals surface area contributed by atoms with Crippen LogP contribution in [0.3, 0.4) is 0 Å². The summed E-state index contributed by atoms with van der Waals surface area (Å²) in [4.78, 5) is 11.8. The van der Waals surface area contributed by atoms with Gasteiger partial charge in [0.15, 0.2) is 0 Å². The van der Waals surface area contributed by atoms with Crippen molar-refractivity contribution in [1.82, 2.24) is 0 Å². The van der Waals surface area contributed by atoms with Gasteiger partial charge >= 0.3 is 0 Å². The molecule has 1 aliphatic rings. The first-order valence-corrected chi connectivity index (χ1v) is 6.34. The second-order valence-electron chi connectivity index (χ2n) is 4.79. The molecule has 2 rings (SSSR count). The fourth-order valence-electron chi connectivity index (χ4n) is 2.29. The number of amides is 1. The van der Waals surface area contributed by atoms with Gasteiger partial charge in [-0.2, -0.15) is 0 Å². The molecule has 0 spiro atoms. The Morgan fingerprint density at radius 2 is 2.11 bits per heavy atom. The summed E-state index contributed by atoms with van der Waals surface area (Å²) in [5.41, 5.74) is -0.443. The minimum atomic E-state index is -0.881. The molecule has 1 amide bonds. The Labute approximate surface area is 110 Å². The minimum absolute atomic E-state index is 0.0348. The maximum Gasteiger partial charge on any atom is 0.227 e. The maximum absolute atomic E-state index is 12.9. The smallest absolute Gasteiger partial charge is 0.227 e. The third-order valence-electron chi connectivity index (χ3n) is 3.23. The summed E-state index contributed by atoms with van der Waals surface area (Å²) >= 11 is 5.62. The summed E-state index contributed by atoms with van der Waals surface area (Å²) in [5, 5.41) is 12.7. The van der Waals surface area contributed by atoms with Gasteiger partial charge in [-0.25, -0.2) is 4.39 Å². The number of rotatable bonds is 3. The van der Waals surface area contributed by atoms with Crippen LogP contribution in [0.25, 0.3) is 0 Å². The predicted octanol–water partition coefficient (Wildman–Crippen LogP) is 3.11. The first kappa shape index (κ1) is 13.3. The third-order valence-corrected chi connectivity index (χ3v) is 3.52. The van der Waals surface area contributed by atoms with Crippen molar-refractivity contribution >= 4 is 23.2 Å². The van der Waals surface area contributed by atoms with Crippen LogP contribution in [0.15, 0.2) is 18.2 Å². The molecule has 0 heterocycles. The van der Waals surface area contributed by atoms with Gasteiger partial charge in [0.05, 0.1) is 17.0 Å². The number of nitrogens with one attached hydrogen (secondary N) is 1. The molecular formula is C13H15ClFNO2. The van der Waals surface area contributed by atoms with E-state index in [9.17, 15) is 14.3 Å². The lowest BCUT2D eigenvalue weighted by atomic mass is 9.97. The SMILES string of the molecule is O=C(CC1(O)CCCC1)Nc1ccc(F)c(Cl)c1. The van der Waals surface area contributed by atoms with Crippen LogP contribution in [-0.4, -0.2) is 16.6 Å². The number of hydrogen-bond donors (Lipinski definition) is 2. The normalized spacial score (nSPS) is 17.7. The molecule has 2 N–H and O–H groups in total. The van der Waals surface area contributed by atoms with Crippen LogP contribution >= 0.6 is 11.6 Å². The topological polar surface area (TPSA) is 49.3 Å².